The van der Waals surface area contributed by atoms with Crippen molar-refractivity contribution >= 4 is 43.5 Å². The number of carbonyl (C=O) groups excluding carboxylic acids is 1. The summed E-state index contributed by atoms with van der Waals surface area (Å²) >= 11 is 7.04. The van der Waals surface area contributed by atoms with Gasteiger partial charge in [0.05, 0.1) is 21.0 Å². The van der Waals surface area contributed by atoms with E-state index in [4.69, 9.17) is 4.74 Å². The first-order valence-electron chi connectivity index (χ1n) is 8.32. The summed E-state index contributed by atoms with van der Waals surface area (Å²) in [5.41, 5.74) is 4.19. The molecule has 0 aromatic heterocycles. The number of halogens is 2. The van der Waals surface area contributed by atoms with Gasteiger partial charge in [-0.05, 0) is 62.9 Å². The quantitative estimate of drug-likeness (QED) is 0.338. The Morgan fingerprint density at radius 1 is 1.29 bits per heavy atom. The van der Waals surface area contributed by atoms with E-state index in [-0.39, 0.29) is 9.14 Å². The van der Waals surface area contributed by atoms with Crippen LogP contribution in [0.1, 0.15) is 52.0 Å². The number of hydrazone groups is 1. The van der Waals surface area contributed by atoms with E-state index in [1.807, 2.05) is 38.1 Å². The van der Waals surface area contributed by atoms with Gasteiger partial charge < -0.3 is 4.74 Å². The number of carbonyl (C=O) groups is 1. The fraction of sp³-hybridized carbons (Fsp3) is 0.556. The van der Waals surface area contributed by atoms with Crippen LogP contribution in [0, 0.1) is 5.41 Å². The summed E-state index contributed by atoms with van der Waals surface area (Å²) in [5, 5.41) is 4.41. The van der Waals surface area contributed by atoms with Gasteiger partial charge in [0, 0.05) is 0 Å². The molecule has 0 bridgehead atoms. The zero-order valence-electron chi connectivity index (χ0n) is 14.4. The van der Waals surface area contributed by atoms with Crippen molar-refractivity contribution in [3.63, 3.8) is 0 Å². The van der Waals surface area contributed by atoms with Gasteiger partial charge in [-0.3, -0.25) is 4.79 Å². The van der Waals surface area contributed by atoms with Crippen LogP contribution < -0.4 is 10.2 Å². The van der Waals surface area contributed by atoms with Gasteiger partial charge in [-0.15, -0.1) is 0 Å². The maximum atomic E-state index is 12.4. The molecule has 1 fully saturated rings. The van der Waals surface area contributed by atoms with Crippen LogP contribution in [0.25, 0.3) is 0 Å². The average Bonchev–Trinajstić information content (AvgIpc) is 3.08. The van der Waals surface area contributed by atoms with Gasteiger partial charge >= 0.3 is 0 Å². The van der Waals surface area contributed by atoms with Crippen LogP contribution in [0.3, 0.4) is 0 Å². The molecule has 0 saturated heterocycles. The SMILES string of the molecule is CCCC/C(=N/NC(=O)C1(C)CC1(Br)Br)c1ccc(OCC)cc1. The Morgan fingerprint density at radius 3 is 2.42 bits per heavy atom. The third-order valence-corrected chi connectivity index (χ3v) is 6.63. The normalized spacial score (nSPS) is 22.1. The molecule has 0 heterocycles. The standard InChI is InChI=1S/C18H24Br2N2O2/c1-4-6-7-15(13-8-10-14(11-9-13)24-5-2)21-22-16(23)17(3)12-18(17,19)20/h8-11H,4-7,12H2,1-3H3,(H,22,23)/b21-15-. The average molecular weight is 460 g/mol. The minimum absolute atomic E-state index is 0.0730. The highest BCUT2D eigenvalue weighted by atomic mass is 79.9. The topological polar surface area (TPSA) is 50.7 Å². The van der Waals surface area contributed by atoms with Crippen LogP contribution in [0.15, 0.2) is 29.4 Å². The molecule has 132 valence electrons. The molecule has 4 nitrogen and oxygen atoms in total. The molecule has 1 aromatic rings. The van der Waals surface area contributed by atoms with Gasteiger partial charge in [-0.25, -0.2) is 5.43 Å². The Kier molecular flexibility index (Phi) is 6.48. The Bertz CT molecular complexity index is 614. The van der Waals surface area contributed by atoms with Crippen LogP contribution in [0.5, 0.6) is 5.75 Å². The number of hydrogen-bond acceptors (Lipinski definition) is 3. The molecule has 24 heavy (non-hydrogen) atoms. The molecule has 1 amide bonds. The van der Waals surface area contributed by atoms with Crippen molar-refractivity contribution in [2.75, 3.05) is 6.61 Å². The van der Waals surface area contributed by atoms with Gasteiger partial charge in [0.25, 0.3) is 0 Å². The number of benzene rings is 1. The summed E-state index contributed by atoms with van der Waals surface area (Å²) in [6.07, 6.45) is 3.68. The number of rotatable bonds is 8. The van der Waals surface area contributed by atoms with Crippen molar-refractivity contribution < 1.29 is 9.53 Å². The molecule has 1 N–H and O–H groups in total. The number of ether oxygens (including phenoxy) is 1. The minimum Gasteiger partial charge on any atom is -0.494 e. The van der Waals surface area contributed by atoms with E-state index in [9.17, 15) is 4.79 Å². The molecule has 0 radical (unpaired) electrons. The van der Waals surface area contributed by atoms with E-state index in [2.05, 4.69) is 49.3 Å². The largest absolute Gasteiger partial charge is 0.494 e. The summed E-state index contributed by atoms with van der Waals surface area (Å²) in [6, 6.07) is 7.85. The number of nitrogens with one attached hydrogen (secondary N) is 1. The molecule has 2 rings (SSSR count). The van der Waals surface area contributed by atoms with Gasteiger partial charge in [-0.2, -0.15) is 5.10 Å². The fourth-order valence-corrected chi connectivity index (χ4v) is 3.89. The van der Waals surface area contributed by atoms with E-state index in [1.165, 1.54) is 0 Å². The first-order valence-corrected chi connectivity index (χ1v) is 9.90. The predicted molar refractivity (Wildman–Crippen MR) is 105 cm³/mol. The molecular weight excluding hydrogens is 436 g/mol. The molecule has 6 heteroatoms. The van der Waals surface area contributed by atoms with E-state index in [1.54, 1.807) is 0 Å². The van der Waals surface area contributed by atoms with Crippen LogP contribution >= 0.6 is 31.9 Å². The van der Waals surface area contributed by atoms with Gasteiger partial charge in [-0.1, -0.05) is 45.2 Å². The molecule has 0 aliphatic heterocycles. The zero-order chi connectivity index (χ0) is 17.8. The Balaban J connectivity index is 2.11. The zero-order valence-corrected chi connectivity index (χ0v) is 17.5. The summed E-state index contributed by atoms with van der Waals surface area (Å²) in [4.78, 5) is 12.4. The van der Waals surface area contributed by atoms with E-state index < -0.39 is 5.41 Å². The van der Waals surface area contributed by atoms with Crippen molar-refractivity contribution in [2.45, 2.75) is 49.7 Å². The van der Waals surface area contributed by atoms with Crippen LogP contribution in [0.2, 0.25) is 0 Å². The molecule has 0 spiro atoms. The Hall–Kier alpha value is -0.880. The molecule has 1 aliphatic carbocycles. The molecule has 1 saturated carbocycles. The molecule has 1 aromatic carbocycles. The van der Waals surface area contributed by atoms with E-state index in [0.717, 1.165) is 42.7 Å². The Labute approximate surface area is 160 Å². The summed E-state index contributed by atoms with van der Waals surface area (Å²) in [6.45, 7) is 6.67. The van der Waals surface area contributed by atoms with Crippen molar-refractivity contribution in [1.29, 1.82) is 0 Å². The van der Waals surface area contributed by atoms with Crippen LogP contribution in [-0.2, 0) is 4.79 Å². The first kappa shape index (κ1) is 19.4. The fourth-order valence-electron chi connectivity index (χ4n) is 2.41. The highest BCUT2D eigenvalue weighted by molar-refractivity contribution is 9.25. The number of unbranched alkanes of at least 4 members (excludes halogenated alkanes) is 1. The molecule has 1 aliphatic rings. The lowest BCUT2D eigenvalue weighted by molar-refractivity contribution is -0.125. The van der Waals surface area contributed by atoms with E-state index >= 15 is 0 Å². The lowest BCUT2D eigenvalue weighted by Gasteiger charge is -2.12. The lowest BCUT2D eigenvalue weighted by Crippen LogP contribution is -2.30. The Morgan fingerprint density at radius 2 is 1.92 bits per heavy atom. The third-order valence-electron chi connectivity index (χ3n) is 4.32. The maximum Gasteiger partial charge on any atom is 0.248 e. The number of hydrogen-bond donors (Lipinski definition) is 1. The van der Waals surface area contributed by atoms with Gasteiger partial charge in [0.15, 0.2) is 0 Å². The number of nitrogens with zero attached hydrogens (tertiary/aromatic N) is 1. The molecule has 1 unspecified atom stereocenters. The van der Waals surface area contributed by atoms with Crippen molar-refractivity contribution in [3.8, 4) is 5.75 Å². The molecule has 1 atom stereocenters. The second kappa shape index (κ2) is 8.00. The van der Waals surface area contributed by atoms with Crippen LogP contribution in [-0.4, -0.2) is 21.5 Å². The smallest absolute Gasteiger partial charge is 0.248 e. The summed E-state index contributed by atoms with van der Waals surface area (Å²) in [5.74, 6) is 0.769. The maximum absolute atomic E-state index is 12.4. The monoisotopic (exact) mass is 458 g/mol. The van der Waals surface area contributed by atoms with Crippen molar-refractivity contribution in [1.82, 2.24) is 5.43 Å². The second-order valence-electron chi connectivity index (χ2n) is 6.27. The number of amides is 1. The summed E-state index contributed by atoms with van der Waals surface area (Å²) in [7, 11) is 0. The third kappa shape index (κ3) is 4.39. The van der Waals surface area contributed by atoms with E-state index in [0.29, 0.717) is 6.61 Å². The minimum atomic E-state index is -0.467. The second-order valence-corrected chi connectivity index (χ2v) is 10.0. The van der Waals surface area contributed by atoms with Crippen LogP contribution in [0.4, 0.5) is 0 Å². The summed E-state index contributed by atoms with van der Waals surface area (Å²) < 4.78 is 5.17. The van der Waals surface area contributed by atoms with Gasteiger partial charge in [0.2, 0.25) is 5.91 Å². The first-order chi connectivity index (χ1) is 11.3. The number of alkyl halides is 2. The van der Waals surface area contributed by atoms with Crippen molar-refractivity contribution in [3.05, 3.63) is 29.8 Å². The lowest BCUT2D eigenvalue weighted by atomic mass is 10.0. The highest BCUT2D eigenvalue weighted by Gasteiger charge is 2.66. The predicted octanol–water partition coefficient (Wildman–Crippen LogP) is 4.99. The van der Waals surface area contributed by atoms with Gasteiger partial charge in [0.1, 0.15) is 5.75 Å². The molecular formula is C18H24Br2N2O2. The van der Waals surface area contributed by atoms with Crippen molar-refractivity contribution in [2.24, 2.45) is 10.5 Å². The highest BCUT2D eigenvalue weighted by Crippen LogP contribution is 2.66.